The molecule has 0 bridgehead atoms. The van der Waals surface area contributed by atoms with Gasteiger partial charge in [-0.15, -0.1) is 0 Å². The summed E-state index contributed by atoms with van der Waals surface area (Å²) in [4.78, 5) is 19.6. The lowest BCUT2D eigenvalue weighted by Gasteiger charge is -2.34. The molecule has 1 saturated heterocycles. The van der Waals surface area contributed by atoms with Crippen LogP contribution in [0, 0.1) is 6.92 Å². The van der Waals surface area contributed by atoms with E-state index < -0.39 is 0 Å². The zero-order valence-corrected chi connectivity index (χ0v) is 16.4. The van der Waals surface area contributed by atoms with Crippen LogP contribution in [-0.4, -0.2) is 46.5 Å². The number of ether oxygens (including phenoxy) is 2. The first-order valence-electron chi connectivity index (χ1n) is 9.78. The molecule has 7 heteroatoms. The van der Waals surface area contributed by atoms with Crippen molar-refractivity contribution in [3.63, 3.8) is 0 Å². The highest BCUT2D eigenvalue weighted by Gasteiger charge is 2.29. The molecule has 3 aromatic rings. The number of hydrogen-bond donors (Lipinski definition) is 0. The summed E-state index contributed by atoms with van der Waals surface area (Å²) in [6, 6.07) is 13.4. The van der Waals surface area contributed by atoms with Crippen molar-refractivity contribution in [2.75, 3.05) is 24.7 Å². The van der Waals surface area contributed by atoms with Gasteiger partial charge in [0.15, 0.2) is 5.82 Å². The average molecular weight is 390 g/mol. The SMILES string of the molecule is Cc1cccc2c1O[C@@H](C)CN2C(=O)c1cccc(-n2cnc(C3COC3)n2)c1. The Morgan fingerprint density at radius 2 is 2.00 bits per heavy atom. The molecule has 2 aliphatic rings. The number of nitrogens with zero attached hydrogens (tertiary/aromatic N) is 4. The third-order valence-electron chi connectivity index (χ3n) is 5.36. The van der Waals surface area contributed by atoms with Crippen molar-refractivity contribution >= 4 is 11.6 Å². The minimum Gasteiger partial charge on any atom is -0.486 e. The maximum Gasteiger partial charge on any atom is 0.258 e. The van der Waals surface area contributed by atoms with E-state index in [2.05, 4.69) is 10.1 Å². The van der Waals surface area contributed by atoms with Crippen molar-refractivity contribution in [2.45, 2.75) is 25.9 Å². The number of anilines is 1. The third-order valence-corrected chi connectivity index (χ3v) is 5.36. The average Bonchev–Trinajstić information content (AvgIpc) is 3.16. The minimum absolute atomic E-state index is 0.0541. The highest BCUT2D eigenvalue weighted by atomic mass is 16.5. The van der Waals surface area contributed by atoms with Gasteiger partial charge >= 0.3 is 0 Å². The highest BCUT2D eigenvalue weighted by molar-refractivity contribution is 6.07. The van der Waals surface area contributed by atoms with Crippen molar-refractivity contribution in [1.82, 2.24) is 14.8 Å². The monoisotopic (exact) mass is 390 g/mol. The molecule has 29 heavy (non-hydrogen) atoms. The number of rotatable bonds is 3. The molecule has 0 unspecified atom stereocenters. The standard InChI is InChI=1S/C22H22N4O3/c1-14-5-3-8-19-20(14)29-15(2)10-25(19)22(27)16-6-4-7-18(9-16)26-13-23-21(24-26)17-11-28-12-17/h3-9,13,15,17H,10-12H2,1-2H3/t15-/m0/s1. The van der Waals surface area contributed by atoms with E-state index in [9.17, 15) is 4.79 Å². The summed E-state index contributed by atoms with van der Waals surface area (Å²) in [7, 11) is 0. The van der Waals surface area contributed by atoms with Gasteiger partial charge in [0.1, 0.15) is 18.2 Å². The van der Waals surface area contributed by atoms with Crippen LogP contribution in [0.1, 0.15) is 34.6 Å². The van der Waals surface area contributed by atoms with Crippen LogP contribution >= 0.6 is 0 Å². The molecular weight excluding hydrogens is 368 g/mol. The van der Waals surface area contributed by atoms with Gasteiger partial charge in [-0.1, -0.05) is 18.2 Å². The fraction of sp³-hybridized carbons (Fsp3) is 0.318. The lowest BCUT2D eigenvalue weighted by atomic mass is 10.1. The highest BCUT2D eigenvalue weighted by Crippen LogP contribution is 2.37. The Kier molecular flexibility index (Phi) is 4.32. The molecule has 1 fully saturated rings. The van der Waals surface area contributed by atoms with Gasteiger partial charge in [0.2, 0.25) is 0 Å². The summed E-state index contributed by atoms with van der Waals surface area (Å²) in [5.41, 5.74) is 3.25. The number of fused-ring (bicyclic) bond motifs is 1. The summed E-state index contributed by atoms with van der Waals surface area (Å²) in [6.45, 7) is 5.81. The van der Waals surface area contributed by atoms with Gasteiger partial charge in [-0.3, -0.25) is 4.79 Å². The molecule has 0 radical (unpaired) electrons. The molecule has 148 valence electrons. The van der Waals surface area contributed by atoms with Crippen molar-refractivity contribution in [3.05, 3.63) is 65.7 Å². The molecule has 0 aliphatic carbocycles. The topological polar surface area (TPSA) is 69.5 Å². The van der Waals surface area contributed by atoms with Crippen LogP contribution in [0.4, 0.5) is 5.69 Å². The number of hydrogen-bond acceptors (Lipinski definition) is 5. The van der Waals surface area contributed by atoms with Crippen LogP contribution in [0.2, 0.25) is 0 Å². The van der Waals surface area contributed by atoms with Crippen LogP contribution in [-0.2, 0) is 4.74 Å². The van der Waals surface area contributed by atoms with Crippen LogP contribution in [0.15, 0.2) is 48.8 Å². The fourth-order valence-corrected chi connectivity index (χ4v) is 3.70. The predicted octanol–water partition coefficient (Wildman–Crippen LogP) is 3.12. The Morgan fingerprint density at radius 1 is 1.17 bits per heavy atom. The Morgan fingerprint density at radius 3 is 2.79 bits per heavy atom. The zero-order valence-electron chi connectivity index (χ0n) is 16.4. The molecule has 0 spiro atoms. The Balaban J connectivity index is 1.46. The van der Waals surface area contributed by atoms with Crippen molar-refractivity contribution in [1.29, 1.82) is 0 Å². The first-order valence-corrected chi connectivity index (χ1v) is 9.78. The minimum atomic E-state index is -0.0710. The number of amides is 1. The van der Waals surface area contributed by atoms with E-state index >= 15 is 0 Å². The van der Waals surface area contributed by atoms with E-state index in [4.69, 9.17) is 9.47 Å². The largest absolute Gasteiger partial charge is 0.486 e. The van der Waals surface area contributed by atoms with Gasteiger partial charge in [-0.05, 0) is 43.7 Å². The first-order chi connectivity index (χ1) is 14.1. The van der Waals surface area contributed by atoms with Crippen molar-refractivity contribution in [3.8, 4) is 11.4 Å². The van der Waals surface area contributed by atoms with Crippen molar-refractivity contribution in [2.24, 2.45) is 0 Å². The molecular formula is C22H22N4O3. The van der Waals surface area contributed by atoms with Gasteiger partial charge < -0.3 is 14.4 Å². The van der Waals surface area contributed by atoms with Crippen molar-refractivity contribution < 1.29 is 14.3 Å². The lowest BCUT2D eigenvalue weighted by molar-refractivity contribution is 0.00490. The van der Waals surface area contributed by atoms with E-state index in [1.165, 1.54) is 0 Å². The molecule has 2 aliphatic heterocycles. The summed E-state index contributed by atoms with van der Waals surface area (Å²) >= 11 is 0. The van der Waals surface area contributed by atoms with E-state index in [1.54, 1.807) is 15.9 Å². The summed E-state index contributed by atoms with van der Waals surface area (Å²) in [5.74, 6) is 1.76. The Bertz CT molecular complexity index is 1070. The Labute approximate surface area is 168 Å². The Hall–Kier alpha value is -3.19. The summed E-state index contributed by atoms with van der Waals surface area (Å²) in [6.07, 6.45) is 1.62. The number of carbonyl (C=O) groups is 1. The predicted molar refractivity (Wildman–Crippen MR) is 108 cm³/mol. The molecule has 2 aromatic carbocycles. The second-order valence-corrected chi connectivity index (χ2v) is 7.60. The van der Waals surface area contributed by atoms with Gasteiger partial charge in [-0.2, -0.15) is 5.10 Å². The third kappa shape index (κ3) is 3.17. The molecule has 5 rings (SSSR count). The second kappa shape index (κ2) is 7.00. The number of aryl methyl sites for hydroxylation is 1. The zero-order chi connectivity index (χ0) is 20.0. The number of para-hydroxylation sites is 1. The smallest absolute Gasteiger partial charge is 0.258 e. The lowest BCUT2D eigenvalue weighted by Crippen LogP contribution is -2.42. The van der Waals surface area contributed by atoms with E-state index in [1.807, 2.05) is 56.3 Å². The van der Waals surface area contributed by atoms with Gasteiger partial charge in [-0.25, -0.2) is 9.67 Å². The van der Waals surface area contributed by atoms with Crippen LogP contribution in [0.5, 0.6) is 5.75 Å². The van der Waals surface area contributed by atoms with Crippen LogP contribution in [0.3, 0.4) is 0 Å². The summed E-state index contributed by atoms with van der Waals surface area (Å²) in [5, 5.41) is 4.56. The quantitative estimate of drug-likeness (QED) is 0.687. The second-order valence-electron chi connectivity index (χ2n) is 7.60. The molecule has 3 heterocycles. The number of benzene rings is 2. The molecule has 1 amide bonds. The maximum absolute atomic E-state index is 13.4. The summed E-state index contributed by atoms with van der Waals surface area (Å²) < 4.78 is 12.9. The van der Waals surface area contributed by atoms with E-state index in [-0.39, 0.29) is 17.9 Å². The van der Waals surface area contributed by atoms with Crippen LogP contribution < -0.4 is 9.64 Å². The number of carbonyl (C=O) groups excluding carboxylic acids is 1. The molecule has 1 aromatic heterocycles. The molecule has 7 nitrogen and oxygen atoms in total. The van der Waals surface area contributed by atoms with Gasteiger partial charge in [0.05, 0.1) is 37.1 Å². The maximum atomic E-state index is 13.4. The number of aromatic nitrogens is 3. The fourth-order valence-electron chi connectivity index (χ4n) is 3.70. The molecule has 1 atom stereocenters. The van der Waals surface area contributed by atoms with E-state index in [0.717, 1.165) is 28.5 Å². The normalized spacial score (nSPS) is 18.7. The molecule has 0 saturated carbocycles. The van der Waals surface area contributed by atoms with Gasteiger partial charge in [0.25, 0.3) is 5.91 Å². The first kappa shape index (κ1) is 17.9. The van der Waals surface area contributed by atoms with Gasteiger partial charge in [0, 0.05) is 5.56 Å². The van der Waals surface area contributed by atoms with E-state index in [0.29, 0.717) is 25.3 Å². The molecule has 0 N–H and O–H groups in total. The van der Waals surface area contributed by atoms with Crippen LogP contribution in [0.25, 0.3) is 5.69 Å².